The molecule has 0 spiro atoms. The Bertz CT molecular complexity index is 1040. The molecule has 2 aromatic carbocycles. The highest BCUT2D eigenvalue weighted by Gasteiger charge is 2.42. The maximum Gasteiger partial charge on any atom is 0.319 e. The van der Waals surface area contributed by atoms with Crippen molar-refractivity contribution >= 4 is 23.5 Å². The van der Waals surface area contributed by atoms with Crippen LogP contribution in [0.1, 0.15) is 18.4 Å². The van der Waals surface area contributed by atoms with Gasteiger partial charge in [-0.1, -0.05) is 42.1 Å². The topological polar surface area (TPSA) is 57.3 Å². The lowest BCUT2D eigenvalue weighted by molar-refractivity contribution is 0.0184. The van der Waals surface area contributed by atoms with Gasteiger partial charge in [-0.25, -0.2) is 4.79 Å². The van der Waals surface area contributed by atoms with Gasteiger partial charge >= 0.3 is 6.03 Å². The van der Waals surface area contributed by atoms with E-state index in [2.05, 4.69) is 44.8 Å². The Kier molecular flexibility index (Phi) is 6.41. The monoisotopic (exact) mass is 444 g/mol. The number of anilines is 1. The number of hydrogen-bond donors (Lipinski definition) is 2. The Balaban J connectivity index is 1.25. The van der Waals surface area contributed by atoms with Crippen LogP contribution in [0.3, 0.4) is 0 Å². The Morgan fingerprint density at radius 2 is 1.81 bits per heavy atom. The van der Waals surface area contributed by atoms with Crippen molar-refractivity contribution in [2.24, 2.45) is 5.92 Å². The van der Waals surface area contributed by atoms with E-state index in [1.54, 1.807) is 11.8 Å². The lowest BCUT2D eigenvalue weighted by atomic mass is 9.77. The number of carbonyl (C=O) groups excluding carboxylic acids is 1. The van der Waals surface area contributed by atoms with E-state index in [1.165, 1.54) is 10.5 Å². The summed E-state index contributed by atoms with van der Waals surface area (Å²) < 4.78 is 0. The van der Waals surface area contributed by atoms with Crippen molar-refractivity contribution in [3.05, 3.63) is 84.7 Å². The third-order valence-corrected chi connectivity index (χ3v) is 7.50. The molecule has 6 rings (SSSR count). The minimum absolute atomic E-state index is 0.123. The third-order valence-electron chi connectivity index (χ3n) is 6.50. The number of fused-ring (bicyclic) bond motifs is 3. The molecule has 0 aliphatic carbocycles. The number of pyridine rings is 1. The van der Waals surface area contributed by atoms with Crippen molar-refractivity contribution in [2.45, 2.75) is 41.1 Å². The number of nitrogens with zero attached hydrogens (tertiary/aromatic N) is 2. The number of piperidine rings is 3. The summed E-state index contributed by atoms with van der Waals surface area (Å²) in [4.78, 5) is 22.1. The van der Waals surface area contributed by atoms with Gasteiger partial charge in [-0.15, -0.1) is 0 Å². The van der Waals surface area contributed by atoms with Crippen molar-refractivity contribution in [2.75, 3.05) is 18.4 Å². The van der Waals surface area contributed by atoms with E-state index in [1.807, 2.05) is 54.9 Å². The summed E-state index contributed by atoms with van der Waals surface area (Å²) in [6, 6.07) is 22.8. The summed E-state index contributed by atoms with van der Waals surface area (Å²) in [6.07, 6.45) is 6.97. The lowest BCUT2D eigenvalue weighted by Crippen LogP contribution is -2.64. The minimum atomic E-state index is -0.123. The van der Waals surface area contributed by atoms with Crippen LogP contribution in [-0.4, -0.2) is 41.1 Å². The van der Waals surface area contributed by atoms with Gasteiger partial charge in [0.05, 0.1) is 0 Å². The van der Waals surface area contributed by atoms with Crippen LogP contribution in [0.4, 0.5) is 10.5 Å². The number of amides is 2. The summed E-state index contributed by atoms with van der Waals surface area (Å²) >= 11 is 1.69. The number of hydrogen-bond acceptors (Lipinski definition) is 4. The predicted octanol–water partition coefficient (Wildman–Crippen LogP) is 5.06. The summed E-state index contributed by atoms with van der Waals surface area (Å²) in [7, 11) is 0. The molecule has 3 saturated heterocycles. The zero-order chi connectivity index (χ0) is 21.8. The molecule has 164 valence electrons. The zero-order valence-electron chi connectivity index (χ0n) is 18.0. The molecule has 32 heavy (non-hydrogen) atoms. The molecule has 2 bridgehead atoms. The van der Waals surface area contributed by atoms with Gasteiger partial charge in [0.25, 0.3) is 0 Å². The average molecular weight is 445 g/mol. The number of carbonyl (C=O) groups is 1. The van der Waals surface area contributed by atoms with Gasteiger partial charge in [-0.05, 0) is 80.2 Å². The molecule has 3 aromatic rings. The first-order chi connectivity index (χ1) is 15.7. The second-order valence-corrected chi connectivity index (χ2v) is 9.72. The van der Waals surface area contributed by atoms with Crippen LogP contribution < -0.4 is 10.6 Å². The molecule has 6 heteroatoms. The zero-order valence-corrected chi connectivity index (χ0v) is 18.8. The first-order valence-corrected chi connectivity index (χ1v) is 12.1. The van der Waals surface area contributed by atoms with E-state index in [0.29, 0.717) is 12.0 Å². The molecule has 1 aromatic heterocycles. The highest BCUT2D eigenvalue weighted by Crippen LogP contribution is 2.34. The molecule has 3 aliphatic rings. The van der Waals surface area contributed by atoms with Crippen LogP contribution in [0, 0.1) is 5.92 Å². The van der Waals surface area contributed by atoms with Gasteiger partial charge in [0.15, 0.2) is 0 Å². The van der Waals surface area contributed by atoms with Crippen LogP contribution in [0.5, 0.6) is 0 Å². The average Bonchev–Trinajstić information content (AvgIpc) is 2.83. The molecule has 0 radical (unpaired) electrons. The van der Waals surface area contributed by atoms with E-state index >= 15 is 0 Å². The largest absolute Gasteiger partial charge is 0.333 e. The molecule has 2 amide bonds. The number of rotatable bonds is 6. The molecule has 3 fully saturated rings. The molecular weight excluding hydrogens is 416 g/mol. The fourth-order valence-electron chi connectivity index (χ4n) is 4.96. The number of benzene rings is 2. The number of aromatic nitrogens is 1. The molecule has 3 aliphatic heterocycles. The van der Waals surface area contributed by atoms with E-state index < -0.39 is 0 Å². The van der Waals surface area contributed by atoms with Crippen LogP contribution >= 0.6 is 11.8 Å². The van der Waals surface area contributed by atoms with Gasteiger partial charge in [0, 0.05) is 40.0 Å². The fraction of sp³-hybridized carbons (Fsp3) is 0.308. The van der Waals surface area contributed by atoms with Crippen molar-refractivity contribution in [3.63, 3.8) is 0 Å². The molecule has 5 nitrogen and oxygen atoms in total. The van der Waals surface area contributed by atoms with Crippen LogP contribution in [0.2, 0.25) is 0 Å². The Morgan fingerprint density at radius 1 is 1.00 bits per heavy atom. The molecule has 0 saturated carbocycles. The van der Waals surface area contributed by atoms with E-state index in [4.69, 9.17) is 0 Å². The molecule has 4 heterocycles. The summed E-state index contributed by atoms with van der Waals surface area (Å²) in [6.45, 7) is 2.24. The SMILES string of the molecule is O=C(Nc1cccc(Sc2ccccc2)c1)NC1C2CCN(CC2)C1Cc1cccnc1. The Labute approximate surface area is 193 Å². The molecule has 2 atom stereocenters. The lowest BCUT2D eigenvalue weighted by Gasteiger charge is -2.51. The highest BCUT2D eigenvalue weighted by atomic mass is 32.2. The van der Waals surface area contributed by atoms with Crippen LogP contribution in [-0.2, 0) is 6.42 Å². The fourth-order valence-corrected chi connectivity index (χ4v) is 5.86. The van der Waals surface area contributed by atoms with Gasteiger partial charge < -0.3 is 10.6 Å². The Morgan fingerprint density at radius 3 is 2.59 bits per heavy atom. The van der Waals surface area contributed by atoms with Crippen molar-refractivity contribution in [1.82, 2.24) is 15.2 Å². The quantitative estimate of drug-likeness (QED) is 0.558. The first-order valence-electron chi connectivity index (χ1n) is 11.3. The van der Waals surface area contributed by atoms with E-state index in [0.717, 1.165) is 42.9 Å². The van der Waals surface area contributed by atoms with Crippen LogP contribution in [0.25, 0.3) is 0 Å². The second kappa shape index (κ2) is 9.76. The minimum Gasteiger partial charge on any atom is -0.333 e. The highest BCUT2D eigenvalue weighted by molar-refractivity contribution is 7.99. The van der Waals surface area contributed by atoms with Gasteiger partial charge in [-0.2, -0.15) is 0 Å². The second-order valence-electron chi connectivity index (χ2n) is 8.57. The van der Waals surface area contributed by atoms with Crippen molar-refractivity contribution in [1.29, 1.82) is 0 Å². The number of urea groups is 1. The predicted molar refractivity (Wildman–Crippen MR) is 129 cm³/mol. The third kappa shape index (κ3) is 4.97. The summed E-state index contributed by atoms with van der Waals surface area (Å²) in [5, 5.41) is 6.38. The van der Waals surface area contributed by atoms with E-state index in [-0.39, 0.29) is 12.1 Å². The molecule has 2 N–H and O–H groups in total. The Hall–Kier alpha value is -2.83. The number of nitrogens with one attached hydrogen (secondary N) is 2. The summed E-state index contributed by atoms with van der Waals surface area (Å²) in [5.74, 6) is 0.535. The van der Waals surface area contributed by atoms with E-state index in [9.17, 15) is 4.79 Å². The first kappa shape index (κ1) is 21.0. The van der Waals surface area contributed by atoms with Crippen LogP contribution in [0.15, 0.2) is 88.9 Å². The van der Waals surface area contributed by atoms with Crippen molar-refractivity contribution < 1.29 is 4.79 Å². The smallest absolute Gasteiger partial charge is 0.319 e. The van der Waals surface area contributed by atoms with Crippen molar-refractivity contribution in [3.8, 4) is 0 Å². The maximum atomic E-state index is 13.0. The van der Waals surface area contributed by atoms with Gasteiger partial charge in [0.2, 0.25) is 0 Å². The summed E-state index contributed by atoms with van der Waals surface area (Å²) in [5.41, 5.74) is 2.04. The standard InChI is InChI=1S/C26H28N4OS/c31-26(28-21-7-4-10-23(17-21)32-22-8-2-1-3-9-22)29-25-20-11-14-30(15-12-20)24(25)16-19-6-5-13-27-18-19/h1-10,13,17-18,20,24-25H,11-12,14-16H2,(H2,28,29,31). The molecular formula is C26H28N4OS. The van der Waals surface area contributed by atoms with Gasteiger partial charge in [-0.3, -0.25) is 9.88 Å². The van der Waals surface area contributed by atoms with Gasteiger partial charge in [0.1, 0.15) is 0 Å². The molecule has 2 unspecified atom stereocenters. The maximum absolute atomic E-state index is 13.0. The normalized spacial score (nSPS) is 24.1.